The van der Waals surface area contributed by atoms with Crippen molar-refractivity contribution >= 4 is 28.3 Å². The van der Waals surface area contributed by atoms with E-state index in [1.807, 2.05) is 24.3 Å². The Morgan fingerprint density at radius 2 is 1.81 bits per heavy atom. The number of hydrogen-bond acceptors (Lipinski definition) is 2. The molecule has 21 heavy (non-hydrogen) atoms. The molecule has 1 aromatic heterocycles. The van der Waals surface area contributed by atoms with Crippen molar-refractivity contribution in [3.05, 3.63) is 41.2 Å². The van der Waals surface area contributed by atoms with Crippen LogP contribution in [0.2, 0.25) is 5.15 Å². The summed E-state index contributed by atoms with van der Waals surface area (Å²) < 4.78 is 0. The van der Waals surface area contributed by atoms with Gasteiger partial charge in [-0.05, 0) is 22.3 Å². The third-order valence-corrected chi connectivity index (χ3v) is 5.51. The molecule has 1 fully saturated rings. The Morgan fingerprint density at radius 1 is 1.19 bits per heavy atom. The normalized spacial score (nSPS) is 19.5. The average molecular weight is 303 g/mol. The second-order valence-electron chi connectivity index (χ2n) is 6.87. The van der Waals surface area contributed by atoms with E-state index in [0.29, 0.717) is 10.8 Å². The number of nitrogens with one attached hydrogen (secondary N) is 1. The number of aromatic nitrogens is 1. The van der Waals surface area contributed by atoms with E-state index in [0.717, 1.165) is 10.8 Å². The van der Waals surface area contributed by atoms with Gasteiger partial charge in [0.2, 0.25) is 0 Å². The SMILES string of the molecule is CC1(C)C(NC(=O)c2cc3ccccc3c(Cl)n2)C1(C)C. The van der Waals surface area contributed by atoms with Crippen LogP contribution in [0, 0.1) is 10.8 Å². The van der Waals surface area contributed by atoms with Gasteiger partial charge in [0.05, 0.1) is 0 Å². The van der Waals surface area contributed by atoms with Crippen LogP contribution in [-0.4, -0.2) is 16.9 Å². The van der Waals surface area contributed by atoms with Crippen LogP contribution in [0.5, 0.6) is 0 Å². The van der Waals surface area contributed by atoms with E-state index in [1.165, 1.54) is 0 Å². The van der Waals surface area contributed by atoms with E-state index in [-0.39, 0.29) is 22.8 Å². The second-order valence-corrected chi connectivity index (χ2v) is 7.23. The molecule has 0 saturated heterocycles. The van der Waals surface area contributed by atoms with E-state index >= 15 is 0 Å². The molecule has 0 atom stereocenters. The van der Waals surface area contributed by atoms with Gasteiger partial charge >= 0.3 is 0 Å². The van der Waals surface area contributed by atoms with Crippen molar-refractivity contribution in [2.24, 2.45) is 10.8 Å². The van der Waals surface area contributed by atoms with Gasteiger partial charge in [0.1, 0.15) is 10.8 Å². The fourth-order valence-electron chi connectivity index (χ4n) is 3.03. The monoisotopic (exact) mass is 302 g/mol. The van der Waals surface area contributed by atoms with Gasteiger partial charge in [-0.15, -0.1) is 0 Å². The highest BCUT2D eigenvalue weighted by Gasteiger charge is 2.65. The summed E-state index contributed by atoms with van der Waals surface area (Å²) in [5.74, 6) is -0.161. The Bertz CT molecular complexity index is 723. The van der Waals surface area contributed by atoms with Crippen molar-refractivity contribution in [2.75, 3.05) is 0 Å². The lowest BCUT2D eigenvalue weighted by Gasteiger charge is -2.08. The number of nitrogens with zero attached hydrogens (tertiary/aromatic N) is 1. The van der Waals surface area contributed by atoms with E-state index in [9.17, 15) is 4.79 Å². The first kappa shape index (κ1) is 14.3. The molecule has 0 spiro atoms. The molecular formula is C17H19ClN2O. The molecule has 0 unspecified atom stereocenters. The Balaban J connectivity index is 1.90. The second kappa shape index (κ2) is 4.44. The van der Waals surface area contributed by atoms with E-state index in [1.54, 1.807) is 6.07 Å². The minimum atomic E-state index is -0.161. The zero-order valence-corrected chi connectivity index (χ0v) is 13.5. The molecule has 110 valence electrons. The van der Waals surface area contributed by atoms with E-state index in [2.05, 4.69) is 38.0 Å². The summed E-state index contributed by atoms with van der Waals surface area (Å²) in [6.45, 7) is 8.66. The lowest BCUT2D eigenvalue weighted by molar-refractivity contribution is 0.0939. The van der Waals surface area contributed by atoms with Crippen molar-refractivity contribution in [1.82, 2.24) is 10.3 Å². The number of benzene rings is 1. The first-order chi connectivity index (χ1) is 9.75. The molecule has 1 amide bonds. The molecule has 1 aliphatic rings. The number of amides is 1. The Morgan fingerprint density at radius 3 is 2.43 bits per heavy atom. The summed E-state index contributed by atoms with van der Waals surface area (Å²) in [7, 11) is 0. The van der Waals surface area contributed by atoms with Crippen LogP contribution in [-0.2, 0) is 0 Å². The van der Waals surface area contributed by atoms with Crippen molar-refractivity contribution < 1.29 is 4.79 Å². The summed E-state index contributed by atoms with van der Waals surface area (Å²) in [6, 6.07) is 9.62. The number of rotatable bonds is 2. The van der Waals surface area contributed by atoms with Crippen molar-refractivity contribution in [3.8, 4) is 0 Å². The largest absolute Gasteiger partial charge is 0.347 e. The number of halogens is 1. The predicted molar refractivity (Wildman–Crippen MR) is 85.6 cm³/mol. The van der Waals surface area contributed by atoms with Crippen molar-refractivity contribution in [3.63, 3.8) is 0 Å². The van der Waals surface area contributed by atoms with Gasteiger partial charge in [0.25, 0.3) is 5.91 Å². The van der Waals surface area contributed by atoms with Gasteiger partial charge < -0.3 is 5.32 Å². The molecule has 1 aromatic carbocycles. The topological polar surface area (TPSA) is 42.0 Å². The summed E-state index contributed by atoms with van der Waals surface area (Å²) in [5.41, 5.74) is 0.573. The van der Waals surface area contributed by atoms with Crippen LogP contribution in [0.25, 0.3) is 10.8 Å². The van der Waals surface area contributed by atoms with Crippen LogP contribution < -0.4 is 5.32 Å². The van der Waals surface area contributed by atoms with Gasteiger partial charge in [-0.1, -0.05) is 63.6 Å². The van der Waals surface area contributed by atoms with E-state index < -0.39 is 0 Å². The first-order valence-electron chi connectivity index (χ1n) is 7.11. The molecule has 3 nitrogen and oxygen atoms in total. The number of fused-ring (bicyclic) bond motifs is 1. The third kappa shape index (κ3) is 2.11. The lowest BCUT2D eigenvalue weighted by Crippen LogP contribution is -2.30. The van der Waals surface area contributed by atoms with Crippen LogP contribution >= 0.6 is 11.6 Å². The highest BCUT2D eigenvalue weighted by Crippen LogP contribution is 2.62. The fraction of sp³-hybridized carbons (Fsp3) is 0.412. The number of carbonyl (C=O) groups excluding carboxylic acids is 1. The lowest BCUT2D eigenvalue weighted by atomic mass is 10.0. The minimum Gasteiger partial charge on any atom is -0.347 e. The van der Waals surface area contributed by atoms with Crippen molar-refractivity contribution in [1.29, 1.82) is 0 Å². The smallest absolute Gasteiger partial charge is 0.270 e. The third-order valence-electron chi connectivity index (χ3n) is 5.22. The van der Waals surface area contributed by atoms with Gasteiger partial charge in [0, 0.05) is 11.4 Å². The predicted octanol–water partition coefficient (Wildman–Crippen LogP) is 4.05. The summed E-state index contributed by atoms with van der Waals surface area (Å²) in [4.78, 5) is 16.7. The van der Waals surface area contributed by atoms with Crippen LogP contribution in [0.1, 0.15) is 38.2 Å². The number of carbonyl (C=O) groups is 1. The highest BCUT2D eigenvalue weighted by molar-refractivity contribution is 6.34. The van der Waals surface area contributed by atoms with Gasteiger partial charge in [-0.3, -0.25) is 4.79 Å². The summed E-state index contributed by atoms with van der Waals surface area (Å²) in [6.07, 6.45) is 0. The van der Waals surface area contributed by atoms with E-state index in [4.69, 9.17) is 11.6 Å². The molecular weight excluding hydrogens is 284 g/mol. The first-order valence-corrected chi connectivity index (χ1v) is 7.49. The average Bonchev–Trinajstić information content (AvgIpc) is 2.81. The van der Waals surface area contributed by atoms with Crippen LogP contribution in [0.15, 0.2) is 30.3 Å². The highest BCUT2D eigenvalue weighted by atomic mass is 35.5. The standard InChI is InChI=1S/C17H19ClN2O/c1-16(2)15(17(16,3)4)20-14(21)12-9-10-7-5-6-8-11(10)13(18)19-12/h5-9,15H,1-4H3,(H,20,21). The molecule has 1 N–H and O–H groups in total. The van der Waals surface area contributed by atoms with Crippen LogP contribution in [0.3, 0.4) is 0 Å². The number of hydrogen-bond donors (Lipinski definition) is 1. The molecule has 1 saturated carbocycles. The zero-order valence-electron chi connectivity index (χ0n) is 12.7. The van der Waals surface area contributed by atoms with Crippen LogP contribution in [0.4, 0.5) is 0 Å². The maximum Gasteiger partial charge on any atom is 0.270 e. The molecule has 2 aromatic rings. The molecule has 0 radical (unpaired) electrons. The summed E-state index contributed by atoms with van der Waals surface area (Å²) >= 11 is 6.18. The van der Waals surface area contributed by atoms with Crippen molar-refractivity contribution in [2.45, 2.75) is 33.7 Å². The fourth-order valence-corrected chi connectivity index (χ4v) is 3.30. The summed E-state index contributed by atoms with van der Waals surface area (Å²) in [5, 5.41) is 5.24. The Labute approximate surface area is 129 Å². The van der Waals surface area contributed by atoms with Gasteiger partial charge in [-0.2, -0.15) is 0 Å². The molecule has 1 aliphatic carbocycles. The quantitative estimate of drug-likeness (QED) is 0.850. The maximum absolute atomic E-state index is 12.4. The number of pyridine rings is 1. The minimum absolute atomic E-state index is 0.100. The Hall–Kier alpha value is -1.61. The molecule has 4 heteroatoms. The molecule has 0 bridgehead atoms. The molecule has 0 aliphatic heterocycles. The molecule has 1 heterocycles. The Kier molecular flexibility index (Phi) is 3.03. The maximum atomic E-state index is 12.4. The van der Waals surface area contributed by atoms with Gasteiger partial charge in [-0.25, -0.2) is 4.98 Å². The van der Waals surface area contributed by atoms with Gasteiger partial charge in [0.15, 0.2) is 0 Å². The molecule has 3 rings (SSSR count). The zero-order chi connectivity index (χ0) is 15.4.